The molecule has 0 spiro atoms. The molecule has 3 aromatic heterocycles. The van der Waals surface area contributed by atoms with E-state index >= 15 is 0 Å². The van der Waals surface area contributed by atoms with Crippen LogP contribution in [0.1, 0.15) is 5.56 Å². The molecular weight excluding hydrogens is 427 g/mol. The van der Waals surface area contributed by atoms with Crippen LogP contribution < -0.4 is 10.7 Å². The maximum Gasteiger partial charge on any atom is 0.245 e. The first-order valence-electron chi connectivity index (χ1n) is 8.75. The van der Waals surface area contributed by atoms with Gasteiger partial charge in [-0.25, -0.2) is 9.61 Å². The number of nitrogens with zero attached hydrogens (tertiary/aromatic N) is 5. The molecule has 9 nitrogen and oxygen atoms in total. The average Bonchev–Trinajstić information content (AvgIpc) is 3.37. The van der Waals surface area contributed by atoms with Gasteiger partial charge in [0.25, 0.3) is 0 Å². The van der Waals surface area contributed by atoms with Gasteiger partial charge in [0, 0.05) is 28.4 Å². The molecule has 0 unspecified atom stereocenters. The van der Waals surface area contributed by atoms with Gasteiger partial charge in [0.1, 0.15) is 0 Å². The quantitative estimate of drug-likeness (QED) is 0.261. The lowest BCUT2D eigenvalue weighted by Crippen LogP contribution is -2.03. The predicted molar refractivity (Wildman–Crippen MR) is 117 cm³/mol. The fourth-order valence-electron chi connectivity index (χ4n) is 2.88. The topological polar surface area (TPSA) is 117 Å². The van der Waals surface area contributed by atoms with Gasteiger partial charge in [-0.15, -0.1) is 0 Å². The number of hydrogen-bond donors (Lipinski definition) is 3. The maximum absolute atomic E-state index is 6.10. The zero-order valence-corrected chi connectivity index (χ0v) is 16.6. The van der Waals surface area contributed by atoms with Crippen molar-refractivity contribution in [2.75, 3.05) is 10.7 Å². The van der Waals surface area contributed by atoms with E-state index in [-0.39, 0.29) is 11.3 Å². The number of para-hydroxylation sites is 1. The van der Waals surface area contributed by atoms with E-state index in [0.717, 1.165) is 16.5 Å². The van der Waals surface area contributed by atoms with Crippen molar-refractivity contribution in [3.8, 4) is 0 Å². The van der Waals surface area contributed by atoms with Crippen LogP contribution in [-0.2, 0) is 0 Å². The summed E-state index contributed by atoms with van der Waals surface area (Å²) in [7, 11) is 0. The van der Waals surface area contributed by atoms with Crippen LogP contribution >= 0.6 is 23.2 Å². The highest BCUT2D eigenvalue weighted by Crippen LogP contribution is 2.29. The van der Waals surface area contributed by atoms with Gasteiger partial charge in [-0.1, -0.05) is 41.4 Å². The number of aromatic amines is 1. The Morgan fingerprint density at radius 2 is 1.77 bits per heavy atom. The van der Waals surface area contributed by atoms with Crippen molar-refractivity contribution in [2.24, 2.45) is 5.10 Å². The Kier molecular flexibility index (Phi) is 4.66. The molecule has 148 valence electrons. The third-order valence-electron chi connectivity index (χ3n) is 4.29. The number of benzene rings is 2. The van der Waals surface area contributed by atoms with Crippen molar-refractivity contribution in [1.82, 2.24) is 25.3 Å². The Morgan fingerprint density at radius 3 is 2.60 bits per heavy atom. The maximum atomic E-state index is 6.10. The molecule has 5 rings (SSSR count). The van der Waals surface area contributed by atoms with Crippen molar-refractivity contribution in [1.29, 1.82) is 0 Å². The first-order chi connectivity index (χ1) is 14.7. The van der Waals surface area contributed by atoms with Crippen LogP contribution in [0.25, 0.3) is 22.2 Å². The zero-order valence-electron chi connectivity index (χ0n) is 15.1. The molecule has 0 atom stereocenters. The van der Waals surface area contributed by atoms with Crippen LogP contribution in [0, 0.1) is 0 Å². The number of halogens is 2. The van der Waals surface area contributed by atoms with E-state index in [1.54, 1.807) is 24.4 Å². The minimum atomic E-state index is 0.250. The standard InChI is InChI=1S/C19H12Cl2N8O/c20-13-6-5-11(7-14(13)21)24-16-17(26-19-18(25-16)28-30-29-19)27-23-9-10-8-22-15-4-2-1-3-12(10)15/h1-9,22H,(H,24,25,28)(H,26,27,29)/b23-9-. The van der Waals surface area contributed by atoms with Crippen molar-refractivity contribution in [2.45, 2.75) is 0 Å². The summed E-state index contributed by atoms with van der Waals surface area (Å²) in [6.07, 6.45) is 3.57. The summed E-state index contributed by atoms with van der Waals surface area (Å²) < 4.78 is 4.71. The Bertz CT molecular complexity index is 1390. The van der Waals surface area contributed by atoms with Crippen molar-refractivity contribution in [3.05, 3.63) is 64.3 Å². The van der Waals surface area contributed by atoms with Gasteiger partial charge in [0.15, 0.2) is 11.6 Å². The number of anilines is 3. The molecule has 0 saturated carbocycles. The Balaban J connectivity index is 1.46. The third-order valence-corrected chi connectivity index (χ3v) is 5.03. The van der Waals surface area contributed by atoms with Gasteiger partial charge in [-0.3, -0.25) is 5.43 Å². The summed E-state index contributed by atoms with van der Waals surface area (Å²) in [6.45, 7) is 0. The van der Waals surface area contributed by atoms with Crippen molar-refractivity contribution < 1.29 is 4.63 Å². The first kappa shape index (κ1) is 18.3. The molecule has 3 N–H and O–H groups in total. The molecule has 0 aliphatic carbocycles. The molecule has 0 radical (unpaired) electrons. The first-order valence-corrected chi connectivity index (χ1v) is 9.50. The normalized spacial score (nSPS) is 11.5. The lowest BCUT2D eigenvalue weighted by Gasteiger charge is -2.10. The minimum absolute atomic E-state index is 0.250. The number of hydrazone groups is 1. The van der Waals surface area contributed by atoms with E-state index in [1.807, 2.05) is 30.5 Å². The molecule has 0 saturated heterocycles. The van der Waals surface area contributed by atoms with Crippen molar-refractivity contribution >= 4 is 68.9 Å². The van der Waals surface area contributed by atoms with E-state index in [0.29, 0.717) is 27.4 Å². The molecule has 0 bridgehead atoms. The Hall–Kier alpha value is -3.69. The smallest absolute Gasteiger partial charge is 0.245 e. The molecule has 2 aromatic carbocycles. The van der Waals surface area contributed by atoms with Gasteiger partial charge >= 0.3 is 0 Å². The largest absolute Gasteiger partial charge is 0.361 e. The van der Waals surface area contributed by atoms with Crippen LogP contribution in [0.15, 0.2) is 58.4 Å². The number of hydrogen-bond acceptors (Lipinski definition) is 8. The van der Waals surface area contributed by atoms with Crippen LogP contribution in [0.5, 0.6) is 0 Å². The zero-order chi connectivity index (χ0) is 20.5. The lowest BCUT2D eigenvalue weighted by molar-refractivity contribution is 0.314. The Morgan fingerprint density at radius 1 is 0.967 bits per heavy atom. The number of fused-ring (bicyclic) bond motifs is 2. The third kappa shape index (κ3) is 3.51. The van der Waals surface area contributed by atoms with Gasteiger partial charge in [0.05, 0.1) is 16.3 Å². The van der Waals surface area contributed by atoms with E-state index < -0.39 is 0 Å². The van der Waals surface area contributed by atoms with Crippen LogP contribution in [0.4, 0.5) is 17.3 Å². The van der Waals surface area contributed by atoms with Gasteiger partial charge in [0.2, 0.25) is 11.3 Å². The second-order valence-electron chi connectivity index (χ2n) is 6.25. The predicted octanol–water partition coefficient (Wildman–Crippen LogP) is 4.99. The lowest BCUT2D eigenvalue weighted by atomic mass is 10.2. The number of aromatic nitrogens is 5. The molecule has 0 fully saturated rings. The molecule has 11 heteroatoms. The fourth-order valence-corrected chi connectivity index (χ4v) is 3.18. The van der Waals surface area contributed by atoms with Crippen LogP contribution in [0.2, 0.25) is 10.0 Å². The van der Waals surface area contributed by atoms with E-state index in [2.05, 4.69) is 41.1 Å². The average molecular weight is 439 g/mol. The van der Waals surface area contributed by atoms with E-state index in [9.17, 15) is 0 Å². The second kappa shape index (κ2) is 7.62. The SMILES string of the molecule is Clc1ccc(Nc2nc3nonc3nc2N/N=C\c2c[nH]c3ccccc23)cc1Cl. The highest BCUT2D eigenvalue weighted by Gasteiger charge is 2.13. The summed E-state index contributed by atoms with van der Waals surface area (Å²) in [6, 6.07) is 13.1. The molecule has 0 amide bonds. The Labute approximate surface area is 179 Å². The summed E-state index contributed by atoms with van der Waals surface area (Å²) >= 11 is 12.1. The highest BCUT2D eigenvalue weighted by molar-refractivity contribution is 6.42. The van der Waals surface area contributed by atoms with Crippen molar-refractivity contribution in [3.63, 3.8) is 0 Å². The number of rotatable bonds is 5. The van der Waals surface area contributed by atoms with Gasteiger partial charge in [-0.2, -0.15) is 10.1 Å². The molecular formula is C19H12Cl2N8O. The highest BCUT2D eigenvalue weighted by atomic mass is 35.5. The van der Waals surface area contributed by atoms with Crippen LogP contribution in [0.3, 0.4) is 0 Å². The number of nitrogens with one attached hydrogen (secondary N) is 3. The van der Waals surface area contributed by atoms with E-state index in [1.165, 1.54) is 0 Å². The number of H-pyrrole nitrogens is 1. The monoisotopic (exact) mass is 438 g/mol. The molecule has 0 aliphatic heterocycles. The minimum Gasteiger partial charge on any atom is -0.361 e. The van der Waals surface area contributed by atoms with Gasteiger partial charge in [-0.05, 0) is 34.6 Å². The molecule has 5 aromatic rings. The summed E-state index contributed by atoms with van der Waals surface area (Å²) in [4.78, 5) is 12.0. The summed E-state index contributed by atoms with van der Waals surface area (Å²) in [5.41, 5.74) is 6.01. The van der Waals surface area contributed by atoms with Crippen LogP contribution in [-0.4, -0.2) is 31.5 Å². The van der Waals surface area contributed by atoms with E-state index in [4.69, 9.17) is 27.8 Å². The summed E-state index contributed by atoms with van der Waals surface area (Å²) in [5, 5.41) is 16.8. The molecule has 3 heterocycles. The fraction of sp³-hybridized carbons (Fsp3) is 0. The van der Waals surface area contributed by atoms with Gasteiger partial charge < -0.3 is 10.3 Å². The summed E-state index contributed by atoms with van der Waals surface area (Å²) in [5.74, 6) is 0.702. The second-order valence-corrected chi connectivity index (χ2v) is 7.06. The molecule has 30 heavy (non-hydrogen) atoms. The molecule has 0 aliphatic rings.